The van der Waals surface area contributed by atoms with E-state index in [2.05, 4.69) is 15.4 Å². The summed E-state index contributed by atoms with van der Waals surface area (Å²) in [4.78, 5) is 58.0. The number of non-ortho nitro benzene ring substituents is 1. The van der Waals surface area contributed by atoms with Gasteiger partial charge in [0.05, 0.1) is 12.0 Å². The third-order valence-electron chi connectivity index (χ3n) is 4.29. The quantitative estimate of drug-likeness (QED) is 0.291. The smallest absolute Gasteiger partial charge is 0.335 e. The first-order chi connectivity index (χ1) is 15.2. The third-order valence-corrected chi connectivity index (χ3v) is 4.29. The second kappa shape index (κ2) is 10.6. The maximum absolute atomic E-state index is 12.5. The molecule has 0 aliphatic heterocycles. The van der Waals surface area contributed by atoms with Crippen molar-refractivity contribution >= 4 is 35.1 Å². The van der Waals surface area contributed by atoms with Gasteiger partial charge in [0.15, 0.2) is 12.1 Å². The summed E-state index contributed by atoms with van der Waals surface area (Å²) >= 11 is 0. The molecule has 0 aromatic heterocycles. The Morgan fingerprint density at radius 3 is 1.94 bits per heavy atom. The van der Waals surface area contributed by atoms with Crippen LogP contribution in [0.5, 0.6) is 0 Å². The van der Waals surface area contributed by atoms with Crippen LogP contribution in [0.1, 0.15) is 20.7 Å². The number of rotatable bonds is 9. The highest BCUT2D eigenvalue weighted by Gasteiger charge is 2.36. The number of anilines is 1. The summed E-state index contributed by atoms with van der Waals surface area (Å²) in [5.41, 5.74) is 0.445. The van der Waals surface area contributed by atoms with Crippen LogP contribution in [0.4, 0.5) is 11.4 Å². The number of nitrogens with one attached hydrogen (secondary N) is 2. The standard InChI is InChI=1S/C20H19N3O9/c1-31-16(19(26)27)15(20(28)32-2)22-18(25)11-3-7-13(8-4-11)21-17(24)12-5-9-14(10-6-12)23(29)30/h3-10,15-16H,1-2H3,(H,21,24)(H,22,25)(H,26,27)/t15-,16-/m1/s1. The second-order valence-electron chi connectivity index (χ2n) is 6.30. The number of carboxylic acid groups (broad SMARTS) is 1. The van der Waals surface area contributed by atoms with Crippen molar-refractivity contribution in [2.45, 2.75) is 12.1 Å². The van der Waals surface area contributed by atoms with Crippen LogP contribution in [0, 0.1) is 10.1 Å². The zero-order valence-corrected chi connectivity index (χ0v) is 16.9. The van der Waals surface area contributed by atoms with Crippen molar-refractivity contribution in [2.24, 2.45) is 0 Å². The molecule has 0 bridgehead atoms. The number of nitrogens with zero attached hydrogens (tertiary/aromatic N) is 1. The van der Waals surface area contributed by atoms with Gasteiger partial charge in [0.2, 0.25) is 0 Å². The number of amides is 2. The molecule has 2 aromatic rings. The van der Waals surface area contributed by atoms with E-state index < -0.39 is 40.8 Å². The Morgan fingerprint density at radius 1 is 0.938 bits per heavy atom. The van der Waals surface area contributed by atoms with Crippen LogP contribution >= 0.6 is 0 Å². The summed E-state index contributed by atoms with van der Waals surface area (Å²) in [6.07, 6.45) is -1.66. The monoisotopic (exact) mass is 445 g/mol. The lowest BCUT2D eigenvalue weighted by Gasteiger charge is -2.21. The van der Waals surface area contributed by atoms with Crippen molar-refractivity contribution in [1.29, 1.82) is 0 Å². The Kier molecular flexibility index (Phi) is 7.96. The average molecular weight is 445 g/mol. The molecule has 0 radical (unpaired) electrons. The number of hydrogen-bond donors (Lipinski definition) is 3. The minimum Gasteiger partial charge on any atom is -0.479 e. The molecule has 2 atom stereocenters. The normalized spacial score (nSPS) is 12.2. The fraction of sp³-hybridized carbons (Fsp3) is 0.200. The van der Waals surface area contributed by atoms with Crippen LogP contribution in [0.25, 0.3) is 0 Å². The van der Waals surface area contributed by atoms with Gasteiger partial charge in [-0.2, -0.15) is 0 Å². The summed E-state index contributed by atoms with van der Waals surface area (Å²) in [6.45, 7) is 0. The third kappa shape index (κ3) is 5.86. The number of ether oxygens (including phenoxy) is 2. The van der Waals surface area contributed by atoms with Gasteiger partial charge >= 0.3 is 11.9 Å². The number of carbonyl (C=O) groups is 4. The van der Waals surface area contributed by atoms with Crippen LogP contribution < -0.4 is 10.6 Å². The highest BCUT2D eigenvalue weighted by atomic mass is 16.6. The van der Waals surface area contributed by atoms with Crippen molar-refractivity contribution in [2.75, 3.05) is 19.5 Å². The maximum atomic E-state index is 12.5. The Balaban J connectivity index is 2.09. The lowest BCUT2D eigenvalue weighted by Crippen LogP contribution is -2.53. The summed E-state index contributed by atoms with van der Waals surface area (Å²) in [6, 6.07) is 8.93. The van der Waals surface area contributed by atoms with E-state index >= 15 is 0 Å². The number of nitro benzene ring substituents is 1. The van der Waals surface area contributed by atoms with Crippen LogP contribution in [0.3, 0.4) is 0 Å². The number of methoxy groups -OCH3 is 2. The average Bonchev–Trinajstić information content (AvgIpc) is 2.78. The molecule has 0 unspecified atom stereocenters. The molecular formula is C20H19N3O9. The van der Waals surface area contributed by atoms with Gasteiger partial charge in [0.25, 0.3) is 17.5 Å². The molecule has 2 aromatic carbocycles. The molecule has 2 amide bonds. The van der Waals surface area contributed by atoms with Crippen molar-refractivity contribution in [3.05, 3.63) is 69.8 Å². The number of carboxylic acids is 1. The topological polar surface area (TPSA) is 174 Å². The molecule has 0 saturated heterocycles. The van der Waals surface area contributed by atoms with E-state index in [1.807, 2.05) is 0 Å². The van der Waals surface area contributed by atoms with Gasteiger partial charge in [0, 0.05) is 36.1 Å². The van der Waals surface area contributed by atoms with Crippen LogP contribution in [-0.2, 0) is 19.1 Å². The van der Waals surface area contributed by atoms with Gasteiger partial charge in [-0.15, -0.1) is 0 Å². The van der Waals surface area contributed by atoms with Gasteiger partial charge in [-0.3, -0.25) is 19.7 Å². The molecule has 12 heteroatoms. The van der Waals surface area contributed by atoms with E-state index in [0.717, 1.165) is 14.2 Å². The zero-order chi connectivity index (χ0) is 23.8. The SMILES string of the molecule is COC(=O)[C@H](NC(=O)c1ccc(NC(=O)c2ccc([N+](=O)[O-])cc2)cc1)[C@@H](OC)C(=O)O. The highest BCUT2D eigenvalue weighted by Crippen LogP contribution is 2.15. The van der Waals surface area contributed by atoms with Gasteiger partial charge in [0.1, 0.15) is 0 Å². The molecule has 3 N–H and O–H groups in total. The van der Waals surface area contributed by atoms with Crippen LogP contribution in [-0.4, -0.2) is 60.1 Å². The Hall–Kier alpha value is -4.32. The molecule has 0 heterocycles. The maximum Gasteiger partial charge on any atom is 0.335 e. The number of esters is 1. The van der Waals surface area contributed by atoms with Crippen molar-refractivity contribution in [3.8, 4) is 0 Å². The predicted molar refractivity (Wildman–Crippen MR) is 109 cm³/mol. The van der Waals surface area contributed by atoms with Crippen LogP contribution in [0.2, 0.25) is 0 Å². The first kappa shape index (κ1) is 24.0. The molecule has 2 rings (SSSR count). The lowest BCUT2D eigenvalue weighted by atomic mass is 10.1. The summed E-state index contributed by atoms with van der Waals surface area (Å²) < 4.78 is 9.28. The molecule has 32 heavy (non-hydrogen) atoms. The number of nitro groups is 1. The largest absolute Gasteiger partial charge is 0.479 e. The van der Waals surface area contributed by atoms with E-state index in [4.69, 9.17) is 4.74 Å². The Labute approximate surface area is 181 Å². The minimum atomic E-state index is -1.66. The van der Waals surface area contributed by atoms with E-state index in [9.17, 15) is 34.4 Å². The van der Waals surface area contributed by atoms with Crippen molar-refractivity contribution < 1.29 is 38.7 Å². The number of benzene rings is 2. The van der Waals surface area contributed by atoms with E-state index in [-0.39, 0.29) is 16.8 Å². The second-order valence-corrected chi connectivity index (χ2v) is 6.30. The fourth-order valence-electron chi connectivity index (χ4n) is 2.63. The predicted octanol–water partition coefficient (Wildman–Crippen LogP) is 1.22. The summed E-state index contributed by atoms with van der Waals surface area (Å²) in [7, 11) is 2.11. The molecule has 0 fully saturated rings. The van der Waals surface area contributed by atoms with Gasteiger partial charge < -0.3 is 25.2 Å². The van der Waals surface area contributed by atoms with E-state index in [1.165, 1.54) is 48.5 Å². The first-order valence-electron chi connectivity index (χ1n) is 8.98. The molecule has 0 aliphatic carbocycles. The first-order valence-corrected chi connectivity index (χ1v) is 8.98. The summed E-state index contributed by atoms with van der Waals surface area (Å²) in [5, 5.41) is 24.7. The van der Waals surface area contributed by atoms with Gasteiger partial charge in [-0.25, -0.2) is 9.59 Å². The summed E-state index contributed by atoms with van der Waals surface area (Å²) in [5.74, 6) is -3.75. The molecule has 168 valence electrons. The zero-order valence-electron chi connectivity index (χ0n) is 16.9. The highest BCUT2D eigenvalue weighted by molar-refractivity contribution is 6.05. The molecule has 0 saturated carbocycles. The van der Waals surface area contributed by atoms with Crippen molar-refractivity contribution in [3.63, 3.8) is 0 Å². The number of hydrogen-bond acceptors (Lipinski definition) is 8. The van der Waals surface area contributed by atoms with Crippen LogP contribution in [0.15, 0.2) is 48.5 Å². The van der Waals surface area contributed by atoms with E-state index in [1.54, 1.807) is 0 Å². The number of carbonyl (C=O) groups excluding carboxylic acids is 3. The lowest BCUT2D eigenvalue weighted by molar-refractivity contribution is -0.384. The minimum absolute atomic E-state index is 0.0764. The molecule has 12 nitrogen and oxygen atoms in total. The Morgan fingerprint density at radius 2 is 1.47 bits per heavy atom. The molecular weight excluding hydrogens is 426 g/mol. The molecule has 0 spiro atoms. The fourth-order valence-corrected chi connectivity index (χ4v) is 2.63. The Bertz CT molecular complexity index is 1020. The van der Waals surface area contributed by atoms with E-state index in [0.29, 0.717) is 5.69 Å². The molecule has 0 aliphatic rings. The number of aliphatic carboxylic acids is 1. The van der Waals surface area contributed by atoms with Crippen molar-refractivity contribution in [1.82, 2.24) is 5.32 Å². The van der Waals surface area contributed by atoms with Gasteiger partial charge in [-0.1, -0.05) is 0 Å². The van der Waals surface area contributed by atoms with Gasteiger partial charge in [-0.05, 0) is 36.4 Å².